The molecule has 142 valence electrons. The van der Waals surface area contributed by atoms with Gasteiger partial charge in [0.2, 0.25) is 0 Å². The molecule has 2 nitrogen and oxygen atoms in total. The first kappa shape index (κ1) is 18.3. The lowest BCUT2D eigenvalue weighted by atomic mass is 10.0. The number of hydrogen-bond donors (Lipinski definition) is 0. The van der Waals surface area contributed by atoms with E-state index in [0.717, 1.165) is 45.7 Å². The Morgan fingerprint density at radius 1 is 0.857 bits per heavy atom. The van der Waals surface area contributed by atoms with Crippen molar-refractivity contribution in [3.05, 3.63) is 89.4 Å². The Labute approximate surface area is 161 Å². The molecule has 0 aliphatic rings. The molecule has 0 saturated heterocycles. The monoisotopic (exact) mass is 381 g/mol. The van der Waals surface area contributed by atoms with Crippen molar-refractivity contribution >= 4 is 5.52 Å². The fourth-order valence-corrected chi connectivity index (χ4v) is 3.89. The van der Waals surface area contributed by atoms with Crippen molar-refractivity contribution in [1.82, 2.24) is 4.40 Å². The van der Waals surface area contributed by atoms with Gasteiger partial charge in [-0.3, -0.25) is 0 Å². The predicted octanol–water partition coefficient (Wildman–Crippen LogP) is 5.83. The molecular weight excluding hydrogens is 361 g/mol. The maximum atomic E-state index is 13.0. The minimum atomic E-state index is -4.35. The predicted molar refractivity (Wildman–Crippen MR) is 104 cm³/mol. The highest BCUT2D eigenvalue weighted by molar-refractivity contribution is 5.75. The number of alkyl halides is 3. The van der Waals surface area contributed by atoms with Gasteiger partial charge in [-0.1, -0.05) is 23.8 Å². The Bertz CT molecular complexity index is 1150. The molecule has 4 aromatic rings. The topological polar surface area (TPSA) is 8.29 Å². The first-order valence-corrected chi connectivity index (χ1v) is 9.03. The molecule has 0 saturated carbocycles. The normalized spacial score (nSPS) is 11.9. The van der Waals surface area contributed by atoms with Gasteiger partial charge < -0.3 is 0 Å². The number of pyridine rings is 1. The van der Waals surface area contributed by atoms with E-state index in [1.807, 2.05) is 35.1 Å². The summed E-state index contributed by atoms with van der Waals surface area (Å²) < 4.78 is 43.0. The smallest absolute Gasteiger partial charge is 0.201 e. The molecular formula is C23H20F3N2+. The third-order valence-corrected chi connectivity index (χ3v) is 4.98. The van der Waals surface area contributed by atoms with Crippen LogP contribution in [0, 0.1) is 20.8 Å². The fraction of sp³-hybridized carbons (Fsp3) is 0.174. The molecule has 2 aromatic carbocycles. The minimum Gasteiger partial charge on any atom is -0.201 e. The molecule has 0 spiro atoms. The average Bonchev–Trinajstić information content (AvgIpc) is 2.99. The van der Waals surface area contributed by atoms with Gasteiger partial charge in [0.25, 0.3) is 6.33 Å². The summed E-state index contributed by atoms with van der Waals surface area (Å²) in [5.41, 5.74) is 6.35. The van der Waals surface area contributed by atoms with Crippen LogP contribution >= 0.6 is 0 Å². The van der Waals surface area contributed by atoms with Gasteiger partial charge in [0.05, 0.1) is 11.8 Å². The van der Waals surface area contributed by atoms with Gasteiger partial charge in [-0.2, -0.15) is 17.7 Å². The number of rotatable bonds is 2. The number of fused-ring (bicyclic) bond motifs is 1. The average molecular weight is 381 g/mol. The third kappa shape index (κ3) is 3.07. The molecule has 2 heterocycles. The molecule has 5 heteroatoms. The van der Waals surface area contributed by atoms with Crippen molar-refractivity contribution in [3.8, 4) is 16.9 Å². The zero-order chi connectivity index (χ0) is 20.1. The van der Waals surface area contributed by atoms with Gasteiger partial charge in [0.1, 0.15) is 5.69 Å². The van der Waals surface area contributed by atoms with Crippen LogP contribution < -0.4 is 4.57 Å². The lowest BCUT2D eigenvalue weighted by molar-refractivity contribution is -0.583. The largest absolute Gasteiger partial charge is 0.416 e. The van der Waals surface area contributed by atoms with E-state index in [-0.39, 0.29) is 0 Å². The molecule has 0 fully saturated rings. The summed E-state index contributed by atoms with van der Waals surface area (Å²) in [4.78, 5) is 0. The summed E-state index contributed by atoms with van der Waals surface area (Å²) >= 11 is 0. The molecule has 0 atom stereocenters. The molecule has 0 amide bonds. The number of benzene rings is 2. The van der Waals surface area contributed by atoms with E-state index in [1.165, 1.54) is 5.56 Å². The minimum absolute atomic E-state index is 0.644. The van der Waals surface area contributed by atoms with E-state index in [2.05, 4.69) is 37.5 Å². The van der Waals surface area contributed by atoms with E-state index < -0.39 is 11.7 Å². The molecule has 28 heavy (non-hydrogen) atoms. The van der Waals surface area contributed by atoms with Crippen LogP contribution in [-0.2, 0) is 6.18 Å². The summed E-state index contributed by atoms with van der Waals surface area (Å²) in [5.74, 6) is 0. The van der Waals surface area contributed by atoms with Crippen LogP contribution in [-0.4, -0.2) is 4.40 Å². The lowest BCUT2D eigenvalue weighted by Gasteiger charge is -2.11. The van der Waals surface area contributed by atoms with Crippen molar-refractivity contribution in [2.75, 3.05) is 0 Å². The Morgan fingerprint density at radius 2 is 1.50 bits per heavy atom. The van der Waals surface area contributed by atoms with Gasteiger partial charge >= 0.3 is 6.18 Å². The maximum Gasteiger partial charge on any atom is 0.416 e. The molecule has 0 aliphatic carbocycles. The van der Waals surface area contributed by atoms with E-state index in [4.69, 9.17) is 0 Å². The Morgan fingerprint density at radius 3 is 2.11 bits per heavy atom. The van der Waals surface area contributed by atoms with Crippen LogP contribution in [0.25, 0.3) is 22.5 Å². The fourth-order valence-electron chi connectivity index (χ4n) is 3.89. The SMILES string of the molecule is Cc1cc(C)c(-[n+]2cn3ccccc3c2-c2ccc(C(F)(F)F)cc2)c(C)c1. The number of imidazole rings is 1. The molecule has 0 N–H and O–H groups in total. The van der Waals surface area contributed by atoms with Gasteiger partial charge in [-0.05, 0) is 68.3 Å². The van der Waals surface area contributed by atoms with Crippen LogP contribution in [0.15, 0.2) is 67.1 Å². The third-order valence-electron chi connectivity index (χ3n) is 4.98. The summed E-state index contributed by atoms with van der Waals surface area (Å²) in [6.45, 7) is 6.17. The summed E-state index contributed by atoms with van der Waals surface area (Å²) in [5, 5.41) is 0. The highest BCUT2D eigenvalue weighted by atomic mass is 19.4. The van der Waals surface area contributed by atoms with Crippen molar-refractivity contribution < 1.29 is 17.7 Å². The number of aryl methyl sites for hydroxylation is 3. The number of halogens is 3. The first-order valence-electron chi connectivity index (χ1n) is 9.03. The number of aromatic nitrogens is 2. The zero-order valence-electron chi connectivity index (χ0n) is 15.9. The highest BCUT2D eigenvalue weighted by Crippen LogP contribution is 2.32. The van der Waals surface area contributed by atoms with Crippen LogP contribution in [0.5, 0.6) is 0 Å². The van der Waals surface area contributed by atoms with Gasteiger partial charge in [0, 0.05) is 5.56 Å². The standard InChI is InChI=1S/C23H20F3N2/c1-15-12-16(2)21(17(3)13-15)28-14-27-11-5-4-6-20(27)22(28)18-7-9-19(10-8-18)23(24,25)26/h4-14H,1-3H3/q+1. The van der Waals surface area contributed by atoms with E-state index >= 15 is 0 Å². The second-order valence-electron chi connectivity index (χ2n) is 7.15. The molecule has 0 aliphatic heterocycles. The molecule has 0 unspecified atom stereocenters. The highest BCUT2D eigenvalue weighted by Gasteiger charge is 2.31. The van der Waals surface area contributed by atoms with Crippen LogP contribution in [0.1, 0.15) is 22.3 Å². The molecule has 4 rings (SSSR count). The van der Waals surface area contributed by atoms with E-state index in [1.54, 1.807) is 12.1 Å². The summed E-state index contributed by atoms with van der Waals surface area (Å²) in [6, 6.07) is 15.4. The van der Waals surface area contributed by atoms with Gasteiger partial charge in [0.15, 0.2) is 11.2 Å². The Hall–Kier alpha value is -3.08. The van der Waals surface area contributed by atoms with Crippen molar-refractivity contribution in [3.63, 3.8) is 0 Å². The molecule has 0 radical (unpaired) electrons. The first-order chi connectivity index (χ1) is 13.3. The number of nitrogens with zero attached hydrogens (tertiary/aromatic N) is 2. The van der Waals surface area contributed by atoms with E-state index in [9.17, 15) is 13.2 Å². The maximum absolute atomic E-state index is 13.0. The summed E-state index contributed by atoms with van der Waals surface area (Å²) in [7, 11) is 0. The van der Waals surface area contributed by atoms with Crippen LogP contribution in [0.4, 0.5) is 13.2 Å². The second-order valence-corrected chi connectivity index (χ2v) is 7.15. The van der Waals surface area contributed by atoms with E-state index in [0.29, 0.717) is 0 Å². The molecule has 2 aromatic heterocycles. The van der Waals surface area contributed by atoms with Crippen molar-refractivity contribution in [2.24, 2.45) is 0 Å². The van der Waals surface area contributed by atoms with Crippen LogP contribution in [0.3, 0.4) is 0 Å². The van der Waals surface area contributed by atoms with Gasteiger partial charge in [-0.15, -0.1) is 0 Å². The van der Waals surface area contributed by atoms with Gasteiger partial charge in [-0.25, -0.2) is 4.40 Å². The van der Waals surface area contributed by atoms with Crippen molar-refractivity contribution in [1.29, 1.82) is 0 Å². The Kier molecular flexibility index (Phi) is 4.26. The number of hydrogen-bond acceptors (Lipinski definition) is 0. The zero-order valence-corrected chi connectivity index (χ0v) is 15.9. The quantitative estimate of drug-likeness (QED) is 0.386. The Balaban J connectivity index is 2.00. The van der Waals surface area contributed by atoms with Crippen LogP contribution in [0.2, 0.25) is 0 Å². The lowest BCUT2D eigenvalue weighted by Crippen LogP contribution is -2.33. The summed E-state index contributed by atoms with van der Waals surface area (Å²) in [6.07, 6.45) is -0.424. The van der Waals surface area contributed by atoms with Crippen molar-refractivity contribution in [2.45, 2.75) is 26.9 Å². The molecule has 0 bridgehead atoms. The second kappa shape index (κ2) is 6.51.